The fraction of sp³-hybridized carbons (Fsp3) is 1.00. The molecule has 0 amide bonds. The van der Waals surface area contributed by atoms with Gasteiger partial charge in [-0.3, -0.25) is 4.90 Å². The molecule has 1 heteroatoms. The number of nitrogens with zero attached hydrogens (tertiary/aromatic N) is 1. The first-order chi connectivity index (χ1) is 8.37. The third-order valence-corrected chi connectivity index (χ3v) is 5.06. The second-order valence-corrected chi connectivity index (χ2v) is 6.29. The molecule has 1 saturated carbocycles. The van der Waals surface area contributed by atoms with E-state index < -0.39 is 0 Å². The monoisotopic (exact) mass is 237 g/mol. The van der Waals surface area contributed by atoms with Gasteiger partial charge < -0.3 is 0 Å². The van der Waals surface area contributed by atoms with Crippen molar-refractivity contribution in [1.29, 1.82) is 0 Å². The van der Waals surface area contributed by atoms with Crippen molar-refractivity contribution in [1.82, 2.24) is 4.90 Å². The van der Waals surface area contributed by atoms with Crippen molar-refractivity contribution in [3.8, 4) is 0 Å². The molecule has 0 aromatic heterocycles. The zero-order valence-corrected chi connectivity index (χ0v) is 11.8. The van der Waals surface area contributed by atoms with Crippen molar-refractivity contribution >= 4 is 0 Å². The van der Waals surface area contributed by atoms with Gasteiger partial charge in [0.25, 0.3) is 0 Å². The molecular formula is C16H31N. The summed E-state index contributed by atoms with van der Waals surface area (Å²) in [4.78, 5) is 2.87. The highest BCUT2D eigenvalue weighted by Crippen LogP contribution is 2.39. The van der Waals surface area contributed by atoms with E-state index >= 15 is 0 Å². The Morgan fingerprint density at radius 1 is 0.824 bits per heavy atom. The van der Waals surface area contributed by atoms with E-state index in [0.29, 0.717) is 5.54 Å². The van der Waals surface area contributed by atoms with Gasteiger partial charge in [-0.25, -0.2) is 0 Å². The lowest BCUT2D eigenvalue weighted by Gasteiger charge is -2.45. The minimum atomic E-state index is 0.641. The fourth-order valence-corrected chi connectivity index (χ4v) is 4.01. The van der Waals surface area contributed by atoms with Crippen molar-refractivity contribution in [2.45, 2.75) is 89.5 Å². The van der Waals surface area contributed by atoms with E-state index in [1.807, 2.05) is 0 Å². The molecule has 2 aliphatic rings. The van der Waals surface area contributed by atoms with Crippen LogP contribution in [0.3, 0.4) is 0 Å². The Hall–Kier alpha value is -0.0400. The van der Waals surface area contributed by atoms with Gasteiger partial charge >= 0.3 is 0 Å². The molecule has 2 rings (SSSR count). The molecule has 0 N–H and O–H groups in total. The van der Waals surface area contributed by atoms with Crippen LogP contribution in [0.15, 0.2) is 0 Å². The van der Waals surface area contributed by atoms with Crippen LogP contribution in [0.4, 0.5) is 0 Å². The van der Waals surface area contributed by atoms with Crippen molar-refractivity contribution in [2.75, 3.05) is 13.1 Å². The summed E-state index contributed by atoms with van der Waals surface area (Å²) < 4.78 is 0. The summed E-state index contributed by atoms with van der Waals surface area (Å²) in [5, 5.41) is 0. The van der Waals surface area contributed by atoms with Crippen LogP contribution in [0.25, 0.3) is 0 Å². The second-order valence-electron chi connectivity index (χ2n) is 6.29. The van der Waals surface area contributed by atoms with Crippen LogP contribution in [0.2, 0.25) is 0 Å². The molecule has 1 saturated heterocycles. The predicted octanol–water partition coefficient (Wildman–Crippen LogP) is 4.76. The van der Waals surface area contributed by atoms with E-state index in [-0.39, 0.29) is 0 Å². The highest BCUT2D eigenvalue weighted by molar-refractivity contribution is 4.94. The van der Waals surface area contributed by atoms with Gasteiger partial charge in [-0.05, 0) is 45.2 Å². The third kappa shape index (κ3) is 3.47. The number of hydrogen-bond acceptors (Lipinski definition) is 1. The van der Waals surface area contributed by atoms with Crippen LogP contribution in [-0.2, 0) is 0 Å². The van der Waals surface area contributed by atoms with Crippen LogP contribution < -0.4 is 0 Å². The van der Waals surface area contributed by atoms with Crippen LogP contribution in [0.1, 0.15) is 84.0 Å². The SMILES string of the molecule is CCCCCCC1(N2CCCC2)CCCCC1. The van der Waals surface area contributed by atoms with Crippen molar-refractivity contribution in [2.24, 2.45) is 0 Å². The average molecular weight is 237 g/mol. The average Bonchev–Trinajstić information content (AvgIpc) is 2.90. The predicted molar refractivity (Wildman–Crippen MR) is 75.4 cm³/mol. The molecule has 0 aromatic carbocycles. The molecule has 1 nitrogen and oxygen atoms in total. The van der Waals surface area contributed by atoms with E-state index in [4.69, 9.17) is 0 Å². The maximum absolute atomic E-state index is 2.87. The van der Waals surface area contributed by atoms with Crippen molar-refractivity contribution < 1.29 is 0 Å². The number of rotatable bonds is 6. The molecule has 0 spiro atoms. The van der Waals surface area contributed by atoms with E-state index in [2.05, 4.69) is 11.8 Å². The minimum Gasteiger partial charge on any atom is -0.298 e. The summed E-state index contributed by atoms with van der Waals surface area (Å²) in [7, 11) is 0. The molecule has 2 fully saturated rings. The number of unbranched alkanes of at least 4 members (excludes halogenated alkanes) is 3. The van der Waals surface area contributed by atoms with Gasteiger partial charge in [0, 0.05) is 5.54 Å². The van der Waals surface area contributed by atoms with Gasteiger partial charge in [0.05, 0.1) is 0 Å². The van der Waals surface area contributed by atoms with Gasteiger partial charge in [0.1, 0.15) is 0 Å². The quantitative estimate of drug-likeness (QED) is 0.602. The van der Waals surface area contributed by atoms with Crippen LogP contribution >= 0.6 is 0 Å². The van der Waals surface area contributed by atoms with Gasteiger partial charge in [-0.2, -0.15) is 0 Å². The molecule has 0 bridgehead atoms. The van der Waals surface area contributed by atoms with E-state index in [9.17, 15) is 0 Å². The lowest BCUT2D eigenvalue weighted by Crippen LogP contribution is -2.48. The van der Waals surface area contributed by atoms with Crippen LogP contribution in [-0.4, -0.2) is 23.5 Å². The summed E-state index contributed by atoms with van der Waals surface area (Å²) >= 11 is 0. The first kappa shape index (κ1) is 13.4. The zero-order valence-electron chi connectivity index (χ0n) is 11.8. The molecule has 1 aliphatic heterocycles. The Morgan fingerprint density at radius 3 is 2.18 bits per heavy atom. The number of likely N-dealkylation sites (tertiary alicyclic amines) is 1. The van der Waals surface area contributed by atoms with E-state index in [1.165, 1.54) is 90.1 Å². The largest absolute Gasteiger partial charge is 0.298 e. The van der Waals surface area contributed by atoms with Gasteiger partial charge in [0.15, 0.2) is 0 Å². The third-order valence-electron chi connectivity index (χ3n) is 5.06. The van der Waals surface area contributed by atoms with E-state index in [0.717, 1.165) is 0 Å². The second kappa shape index (κ2) is 6.78. The highest BCUT2D eigenvalue weighted by atomic mass is 15.2. The molecule has 1 aliphatic carbocycles. The Bertz CT molecular complexity index is 200. The van der Waals surface area contributed by atoms with Gasteiger partial charge in [-0.15, -0.1) is 0 Å². The highest BCUT2D eigenvalue weighted by Gasteiger charge is 2.38. The summed E-state index contributed by atoms with van der Waals surface area (Å²) in [5.74, 6) is 0. The molecular weight excluding hydrogens is 206 g/mol. The van der Waals surface area contributed by atoms with Gasteiger partial charge in [0.2, 0.25) is 0 Å². The molecule has 100 valence electrons. The standard InChI is InChI=1S/C16H31N/c1-2-3-4-6-11-16(12-7-5-8-13-16)17-14-9-10-15-17/h2-15H2,1H3. The lowest BCUT2D eigenvalue weighted by atomic mass is 9.77. The Kier molecular flexibility index (Phi) is 5.34. The smallest absolute Gasteiger partial charge is 0.0209 e. The lowest BCUT2D eigenvalue weighted by molar-refractivity contribution is 0.0614. The van der Waals surface area contributed by atoms with E-state index in [1.54, 1.807) is 0 Å². The number of hydrogen-bond donors (Lipinski definition) is 0. The Balaban J connectivity index is 1.86. The molecule has 1 heterocycles. The Labute approximate surface area is 108 Å². The fourth-order valence-electron chi connectivity index (χ4n) is 4.01. The first-order valence-electron chi connectivity index (χ1n) is 8.12. The van der Waals surface area contributed by atoms with Crippen molar-refractivity contribution in [3.05, 3.63) is 0 Å². The normalized spacial score (nSPS) is 25.2. The maximum Gasteiger partial charge on any atom is 0.0209 e. The molecule has 0 atom stereocenters. The summed E-state index contributed by atoms with van der Waals surface area (Å²) in [6.07, 6.45) is 17.6. The summed E-state index contributed by atoms with van der Waals surface area (Å²) in [6, 6.07) is 0. The summed E-state index contributed by atoms with van der Waals surface area (Å²) in [6.45, 7) is 5.11. The van der Waals surface area contributed by atoms with Crippen molar-refractivity contribution in [3.63, 3.8) is 0 Å². The minimum absolute atomic E-state index is 0.641. The molecule has 0 radical (unpaired) electrons. The summed E-state index contributed by atoms with van der Waals surface area (Å²) in [5.41, 5.74) is 0.641. The van der Waals surface area contributed by atoms with Crippen LogP contribution in [0.5, 0.6) is 0 Å². The molecule has 17 heavy (non-hydrogen) atoms. The first-order valence-corrected chi connectivity index (χ1v) is 8.12. The molecule has 0 unspecified atom stereocenters. The van der Waals surface area contributed by atoms with Gasteiger partial charge in [-0.1, -0.05) is 51.9 Å². The van der Waals surface area contributed by atoms with Crippen LogP contribution in [0, 0.1) is 0 Å². The zero-order chi connectivity index (χ0) is 12.0. The topological polar surface area (TPSA) is 3.24 Å². The Morgan fingerprint density at radius 2 is 1.53 bits per heavy atom. The maximum atomic E-state index is 2.87. The molecule has 0 aromatic rings.